The molecule has 2 amide bonds. The Morgan fingerprint density at radius 1 is 1.07 bits per heavy atom. The third-order valence-electron chi connectivity index (χ3n) is 4.74. The molecule has 0 radical (unpaired) electrons. The number of carbonyl (C=O) groups is 2. The highest BCUT2D eigenvalue weighted by molar-refractivity contribution is 6.07. The SMILES string of the molecule is CCOc1cccc2c1OCC(C(=O)Nc1ccc(C(=O)N(CC)CC)cc1)=C2. The third-order valence-corrected chi connectivity index (χ3v) is 4.74. The van der Waals surface area contributed by atoms with Crippen molar-refractivity contribution in [3.05, 3.63) is 59.2 Å². The second-order valence-electron chi connectivity index (χ2n) is 6.57. The van der Waals surface area contributed by atoms with E-state index < -0.39 is 0 Å². The van der Waals surface area contributed by atoms with Crippen LogP contribution in [0.25, 0.3) is 6.08 Å². The van der Waals surface area contributed by atoms with Gasteiger partial charge >= 0.3 is 0 Å². The summed E-state index contributed by atoms with van der Waals surface area (Å²) in [6.45, 7) is 7.85. The number of nitrogens with one attached hydrogen (secondary N) is 1. The van der Waals surface area contributed by atoms with E-state index >= 15 is 0 Å². The van der Waals surface area contributed by atoms with Gasteiger partial charge in [0, 0.05) is 29.9 Å². The smallest absolute Gasteiger partial charge is 0.255 e. The van der Waals surface area contributed by atoms with Crippen LogP contribution in [0.2, 0.25) is 0 Å². The van der Waals surface area contributed by atoms with Crippen LogP contribution in [0.4, 0.5) is 5.69 Å². The molecule has 0 unspecified atom stereocenters. The summed E-state index contributed by atoms with van der Waals surface area (Å²) in [5.41, 5.74) is 2.56. The van der Waals surface area contributed by atoms with Crippen molar-refractivity contribution in [2.45, 2.75) is 20.8 Å². The standard InChI is InChI=1S/C23H26N2O4/c1-4-25(5-2)23(27)16-10-12-19(13-11-16)24-22(26)18-14-17-8-7-9-20(28-6-3)21(17)29-15-18/h7-14H,4-6,15H2,1-3H3,(H,24,26). The van der Waals surface area contributed by atoms with E-state index in [1.807, 2.05) is 45.0 Å². The van der Waals surface area contributed by atoms with Gasteiger partial charge in [-0.2, -0.15) is 0 Å². The molecule has 1 aliphatic heterocycles. The molecule has 0 saturated heterocycles. The molecule has 6 heteroatoms. The highest BCUT2D eigenvalue weighted by Gasteiger charge is 2.20. The van der Waals surface area contributed by atoms with Gasteiger partial charge in [0.25, 0.3) is 11.8 Å². The van der Waals surface area contributed by atoms with Crippen LogP contribution in [0.15, 0.2) is 48.0 Å². The van der Waals surface area contributed by atoms with E-state index in [1.54, 1.807) is 29.2 Å². The molecule has 0 fully saturated rings. The number of benzene rings is 2. The fraction of sp³-hybridized carbons (Fsp3) is 0.304. The second kappa shape index (κ2) is 9.28. The van der Waals surface area contributed by atoms with Gasteiger partial charge in [0.15, 0.2) is 11.5 Å². The molecule has 0 saturated carbocycles. The maximum absolute atomic E-state index is 12.6. The van der Waals surface area contributed by atoms with Gasteiger partial charge in [0.2, 0.25) is 0 Å². The molecule has 29 heavy (non-hydrogen) atoms. The van der Waals surface area contributed by atoms with Crippen LogP contribution in [0, 0.1) is 0 Å². The molecule has 0 bridgehead atoms. The molecule has 152 valence electrons. The molecule has 0 aliphatic carbocycles. The molecular formula is C23H26N2O4. The van der Waals surface area contributed by atoms with E-state index in [0.29, 0.717) is 48.0 Å². The molecule has 1 aliphatic rings. The average Bonchev–Trinajstić information content (AvgIpc) is 2.75. The summed E-state index contributed by atoms with van der Waals surface area (Å²) in [7, 11) is 0. The van der Waals surface area contributed by atoms with Crippen molar-refractivity contribution in [3.63, 3.8) is 0 Å². The Kier molecular flexibility index (Phi) is 6.54. The molecule has 0 aromatic heterocycles. The fourth-order valence-corrected chi connectivity index (χ4v) is 3.18. The number of amides is 2. The van der Waals surface area contributed by atoms with Gasteiger partial charge in [-0.1, -0.05) is 12.1 Å². The van der Waals surface area contributed by atoms with Crippen molar-refractivity contribution in [2.75, 3.05) is 31.6 Å². The van der Waals surface area contributed by atoms with E-state index in [4.69, 9.17) is 9.47 Å². The topological polar surface area (TPSA) is 67.9 Å². The Balaban J connectivity index is 1.71. The van der Waals surface area contributed by atoms with Crippen LogP contribution in [0.5, 0.6) is 11.5 Å². The Bertz CT molecular complexity index is 915. The van der Waals surface area contributed by atoms with Crippen molar-refractivity contribution >= 4 is 23.6 Å². The molecule has 0 spiro atoms. The zero-order valence-corrected chi connectivity index (χ0v) is 17.0. The molecule has 2 aromatic rings. The van der Waals surface area contributed by atoms with Gasteiger partial charge < -0.3 is 19.7 Å². The van der Waals surface area contributed by atoms with E-state index in [1.165, 1.54) is 0 Å². The van der Waals surface area contributed by atoms with Crippen LogP contribution >= 0.6 is 0 Å². The average molecular weight is 394 g/mol. The lowest BCUT2D eigenvalue weighted by atomic mass is 10.1. The number of hydrogen-bond acceptors (Lipinski definition) is 4. The number of para-hydroxylation sites is 1. The van der Waals surface area contributed by atoms with Crippen molar-refractivity contribution in [3.8, 4) is 11.5 Å². The van der Waals surface area contributed by atoms with Crippen molar-refractivity contribution in [1.82, 2.24) is 4.90 Å². The van der Waals surface area contributed by atoms with Gasteiger partial charge in [-0.3, -0.25) is 9.59 Å². The number of ether oxygens (including phenoxy) is 2. The van der Waals surface area contributed by atoms with E-state index in [2.05, 4.69) is 5.32 Å². The third kappa shape index (κ3) is 4.59. The maximum atomic E-state index is 12.6. The first kappa shape index (κ1) is 20.5. The largest absolute Gasteiger partial charge is 0.490 e. The highest BCUT2D eigenvalue weighted by Crippen LogP contribution is 2.35. The van der Waals surface area contributed by atoms with Gasteiger partial charge in [0.05, 0.1) is 12.2 Å². The Morgan fingerprint density at radius 3 is 2.45 bits per heavy atom. The number of nitrogens with zero attached hydrogens (tertiary/aromatic N) is 1. The van der Waals surface area contributed by atoms with Crippen molar-refractivity contribution < 1.29 is 19.1 Å². The molecular weight excluding hydrogens is 368 g/mol. The zero-order valence-electron chi connectivity index (χ0n) is 17.0. The summed E-state index contributed by atoms with van der Waals surface area (Å²) < 4.78 is 11.3. The number of fused-ring (bicyclic) bond motifs is 1. The van der Waals surface area contributed by atoms with Crippen LogP contribution in [-0.2, 0) is 4.79 Å². The minimum atomic E-state index is -0.236. The molecule has 1 heterocycles. The normalized spacial score (nSPS) is 12.3. The van der Waals surface area contributed by atoms with Crippen LogP contribution in [0.3, 0.4) is 0 Å². The minimum Gasteiger partial charge on any atom is -0.490 e. The van der Waals surface area contributed by atoms with Crippen LogP contribution < -0.4 is 14.8 Å². The first-order valence-corrected chi connectivity index (χ1v) is 9.87. The Morgan fingerprint density at radius 2 is 1.79 bits per heavy atom. The van der Waals surface area contributed by atoms with Crippen molar-refractivity contribution in [2.24, 2.45) is 0 Å². The number of carbonyl (C=O) groups excluding carboxylic acids is 2. The number of anilines is 1. The van der Waals surface area contributed by atoms with E-state index in [-0.39, 0.29) is 18.4 Å². The predicted molar refractivity (Wildman–Crippen MR) is 113 cm³/mol. The first-order chi connectivity index (χ1) is 14.1. The molecule has 6 nitrogen and oxygen atoms in total. The van der Waals surface area contributed by atoms with Gasteiger partial charge in [-0.05, 0) is 57.2 Å². The second-order valence-corrected chi connectivity index (χ2v) is 6.57. The quantitative estimate of drug-likeness (QED) is 0.771. The zero-order chi connectivity index (χ0) is 20.8. The van der Waals surface area contributed by atoms with Crippen LogP contribution in [0.1, 0.15) is 36.7 Å². The van der Waals surface area contributed by atoms with Gasteiger partial charge in [-0.25, -0.2) is 0 Å². The summed E-state index contributed by atoms with van der Waals surface area (Å²) in [4.78, 5) is 26.8. The number of hydrogen-bond donors (Lipinski definition) is 1. The number of rotatable bonds is 7. The van der Waals surface area contributed by atoms with E-state index in [0.717, 1.165) is 5.56 Å². The predicted octanol–water partition coefficient (Wildman–Crippen LogP) is 3.98. The molecule has 0 atom stereocenters. The Hall–Kier alpha value is -3.28. The summed E-state index contributed by atoms with van der Waals surface area (Å²) in [5.74, 6) is 1.08. The lowest BCUT2D eigenvalue weighted by Crippen LogP contribution is -2.30. The summed E-state index contributed by atoms with van der Waals surface area (Å²) in [5, 5.41) is 2.86. The summed E-state index contributed by atoms with van der Waals surface area (Å²) in [6, 6.07) is 12.5. The first-order valence-electron chi connectivity index (χ1n) is 9.87. The van der Waals surface area contributed by atoms with E-state index in [9.17, 15) is 9.59 Å². The van der Waals surface area contributed by atoms with Gasteiger partial charge in [-0.15, -0.1) is 0 Å². The molecule has 2 aromatic carbocycles. The van der Waals surface area contributed by atoms with Crippen molar-refractivity contribution in [1.29, 1.82) is 0 Å². The minimum absolute atomic E-state index is 0.0158. The monoisotopic (exact) mass is 394 g/mol. The fourth-order valence-electron chi connectivity index (χ4n) is 3.18. The highest BCUT2D eigenvalue weighted by atomic mass is 16.5. The molecule has 3 rings (SSSR count). The Labute approximate surface area is 171 Å². The lowest BCUT2D eigenvalue weighted by Gasteiger charge is -2.20. The molecule has 1 N–H and O–H groups in total. The van der Waals surface area contributed by atoms with Crippen LogP contribution in [-0.4, -0.2) is 43.0 Å². The maximum Gasteiger partial charge on any atom is 0.255 e. The lowest BCUT2D eigenvalue weighted by molar-refractivity contribution is -0.113. The summed E-state index contributed by atoms with van der Waals surface area (Å²) in [6.07, 6.45) is 1.81. The van der Waals surface area contributed by atoms with Gasteiger partial charge in [0.1, 0.15) is 6.61 Å². The summed E-state index contributed by atoms with van der Waals surface area (Å²) >= 11 is 0.